The van der Waals surface area contributed by atoms with Crippen molar-refractivity contribution in [2.75, 3.05) is 7.11 Å². The third kappa shape index (κ3) is 2.90. The number of aromatic amines is 1. The third-order valence-electron chi connectivity index (χ3n) is 3.71. The molecule has 2 aromatic carbocycles. The molecule has 0 aliphatic rings. The third-order valence-corrected chi connectivity index (χ3v) is 4.21. The van der Waals surface area contributed by atoms with Crippen LogP contribution < -0.4 is 0 Å². The maximum atomic E-state index is 12.2. The molecule has 24 heavy (non-hydrogen) atoms. The lowest BCUT2D eigenvalue weighted by Crippen LogP contribution is -2.03. The molecule has 0 aliphatic heterocycles. The standard InChI is InChI=1S/C19H14BrNO3/c1-24-19(23)18-17(12-6-3-2-4-7-12)16(15(11-22)21-18)13-8-5-9-14(20)10-13/h2-11,21H,1H3. The Labute approximate surface area is 147 Å². The topological polar surface area (TPSA) is 59.2 Å². The van der Waals surface area contributed by atoms with Crippen LogP contribution >= 0.6 is 15.9 Å². The largest absolute Gasteiger partial charge is 0.464 e. The number of benzene rings is 2. The second-order valence-corrected chi connectivity index (χ2v) is 6.07. The van der Waals surface area contributed by atoms with Crippen molar-refractivity contribution in [3.8, 4) is 22.3 Å². The van der Waals surface area contributed by atoms with Gasteiger partial charge in [0, 0.05) is 15.6 Å². The summed E-state index contributed by atoms with van der Waals surface area (Å²) in [6.07, 6.45) is 0.717. The van der Waals surface area contributed by atoms with E-state index in [0.717, 1.165) is 21.9 Å². The van der Waals surface area contributed by atoms with Crippen molar-refractivity contribution in [3.63, 3.8) is 0 Å². The van der Waals surface area contributed by atoms with Gasteiger partial charge in [0.1, 0.15) is 5.69 Å². The first-order valence-electron chi connectivity index (χ1n) is 7.26. The van der Waals surface area contributed by atoms with Gasteiger partial charge in [-0.1, -0.05) is 58.4 Å². The summed E-state index contributed by atoms with van der Waals surface area (Å²) in [5.41, 5.74) is 3.60. The lowest BCUT2D eigenvalue weighted by molar-refractivity contribution is 0.0595. The molecule has 1 heterocycles. The van der Waals surface area contributed by atoms with Gasteiger partial charge in [0.2, 0.25) is 0 Å². The maximum Gasteiger partial charge on any atom is 0.355 e. The van der Waals surface area contributed by atoms with Crippen LogP contribution in [0.15, 0.2) is 59.1 Å². The highest BCUT2D eigenvalue weighted by atomic mass is 79.9. The summed E-state index contributed by atoms with van der Waals surface area (Å²) in [7, 11) is 1.32. The second-order valence-electron chi connectivity index (χ2n) is 5.15. The zero-order valence-corrected chi connectivity index (χ0v) is 14.5. The quantitative estimate of drug-likeness (QED) is 0.524. The number of H-pyrrole nitrogens is 1. The number of hydrogen-bond acceptors (Lipinski definition) is 3. The minimum absolute atomic E-state index is 0.265. The summed E-state index contributed by atoms with van der Waals surface area (Å²) < 4.78 is 5.76. The van der Waals surface area contributed by atoms with Gasteiger partial charge in [-0.25, -0.2) is 4.79 Å². The average Bonchev–Trinajstić information content (AvgIpc) is 3.01. The van der Waals surface area contributed by atoms with Crippen LogP contribution in [0.5, 0.6) is 0 Å². The summed E-state index contributed by atoms with van der Waals surface area (Å²) >= 11 is 3.45. The van der Waals surface area contributed by atoms with E-state index in [1.807, 2.05) is 54.6 Å². The number of halogens is 1. The number of carbonyl (C=O) groups is 2. The molecule has 0 saturated carbocycles. The molecular formula is C19H14BrNO3. The predicted molar refractivity (Wildman–Crippen MR) is 96.1 cm³/mol. The van der Waals surface area contributed by atoms with Crippen LogP contribution in [0.25, 0.3) is 22.3 Å². The summed E-state index contributed by atoms with van der Waals surface area (Å²) in [5.74, 6) is -0.516. The number of carbonyl (C=O) groups excluding carboxylic acids is 2. The molecule has 0 amide bonds. The Morgan fingerprint density at radius 3 is 2.38 bits per heavy atom. The summed E-state index contributed by atoms with van der Waals surface area (Å²) in [4.78, 5) is 26.7. The molecule has 1 aromatic heterocycles. The fraction of sp³-hybridized carbons (Fsp3) is 0.0526. The Morgan fingerprint density at radius 2 is 1.75 bits per heavy atom. The smallest absolute Gasteiger partial charge is 0.355 e. The molecule has 5 heteroatoms. The first-order valence-corrected chi connectivity index (χ1v) is 8.05. The first-order chi connectivity index (χ1) is 11.7. The molecule has 0 saturated heterocycles. The second kappa shape index (κ2) is 6.84. The number of rotatable bonds is 4. The van der Waals surface area contributed by atoms with Crippen LogP contribution in [-0.4, -0.2) is 24.3 Å². The summed E-state index contributed by atoms with van der Waals surface area (Å²) in [5, 5.41) is 0. The average molecular weight is 384 g/mol. The molecule has 3 rings (SSSR count). The van der Waals surface area contributed by atoms with Crippen molar-refractivity contribution >= 4 is 28.2 Å². The lowest BCUT2D eigenvalue weighted by atomic mass is 9.95. The Morgan fingerprint density at radius 1 is 1.04 bits per heavy atom. The Balaban J connectivity index is 2.36. The molecule has 0 atom stereocenters. The van der Waals surface area contributed by atoms with Crippen molar-refractivity contribution < 1.29 is 14.3 Å². The fourth-order valence-electron chi connectivity index (χ4n) is 2.70. The number of aldehydes is 1. The fourth-order valence-corrected chi connectivity index (χ4v) is 3.10. The van der Waals surface area contributed by atoms with Crippen LogP contribution in [0.4, 0.5) is 0 Å². The molecule has 0 fully saturated rings. The predicted octanol–water partition coefficient (Wildman–Crippen LogP) is 4.71. The van der Waals surface area contributed by atoms with Crippen LogP contribution in [0.1, 0.15) is 21.0 Å². The Kier molecular flexibility index (Phi) is 4.62. The molecule has 0 spiro atoms. The van der Waals surface area contributed by atoms with E-state index in [4.69, 9.17) is 4.74 Å². The maximum absolute atomic E-state index is 12.2. The summed E-state index contributed by atoms with van der Waals surface area (Å²) in [6, 6.07) is 17.0. The molecule has 120 valence electrons. The van der Waals surface area contributed by atoms with E-state index in [1.54, 1.807) is 0 Å². The molecule has 1 N–H and O–H groups in total. The molecule has 4 nitrogen and oxygen atoms in total. The van der Waals surface area contributed by atoms with Crippen molar-refractivity contribution in [3.05, 3.63) is 70.5 Å². The van der Waals surface area contributed by atoms with Crippen LogP contribution in [0.3, 0.4) is 0 Å². The van der Waals surface area contributed by atoms with Crippen molar-refractivity contribution in [2.24, 2.45) is 0 Å². The monoisotopic (exact) mass is 383 g/mol. The van der Waals surface area contributed by atoms with Crippen LogP contribution in [0.2, 0.25) is 0 Å². The molecule has 0 bridgehead atoms. The minimum atomic E-state index is -0.516. The molecule has 0 radical (unpaired) electrons. The number of nitrogens with one attached hydrogen (secondary N) is 1. The number of esters is 1. The Bertz CT molecular complexity index is 900. The Hall–Kier alpha value is -2.66. The highest BCUT2D eigenvalue weighted by molar-refractivity contribution is 9.10. The number of hydrogen-bond donors (Lipinski definition) is 1. The zero-order valence-electron chi connectivity index (χ0n) is 12.9. The van der Waals surface area contributed by atoms with E-state index < -0.39 is 5.97 Å². The van der Waals surface area contributed by atoms with Crippen molar-refractivity contribution in [2.45, 2.75) is 0 Å². The molecule has 3 aromatic rings. The van der Waals surface area contributed by atoms with E-state index in [-0.39, 0.29) is 5.69 Å². The van der Waals surface area contributed by atoms with E-state index >= 15 is 0 Å². The highest BCUT2D eigenvalue weighted by Gasteiger charge is 2.24. The molecular weight excluding hydrogens is 370 g/mol. The van der Waals surface area contributed by atoms with Crippen molar-refractivity contribution in [1.82, 2.24) is 4.98 Å². The first kappa shape index (κ1) is 16.2. The van der Waals surface area contributed by atoms with Gasteiger partial charge in [0.25, 0.3) is 0 Å². The van der Waals surface area contributed by atoms with E-state index in [1.165, 1.54) is 7.11 Å². The lowest BCUT2D eigenvalue weighted by Gasteiger charge is -2.08. The number of aromatic nitrogens is 1. The van der Waals surface area contributed by atoms with Crippen LogP contribution in [0, 0.1) is 0 Å². The van der Waals surface area contributed by atoms with Gasteiger partial charge in [-0.3, -0.25) is 4.79 Å². The number of methoxy groups -OCH3 is 1. The highest BCUT2D eigenvalue weighted by Crippen LogP contribution is 2.38. The summed E-state index contributed by atoms with van der Waals surface area (Å²) in [6.45, 7) is 0. The minimum Gasteiger partial charge on any atom is -0.464 e. The van der Waals surface area contributed by atoms with Gasteiger partial charge in [-0.05, 0) is 23.3 Å². The van der Waals surface area contributed by atoms with Gasteiger partial charge < -0.3 is 9.72 Å². The van der Waals surface area contributed by atoms with E-state index in [9.17, 15) is 9.59 Å². The van der Waals surface area contributed by atoms with Gasteiger partial charge in [0.15, 0.2) is 6.29 Å². The van der Waals surface area contributed by atoms with Gasteiger partial charge >= 0.3 is 5.97 Å². The van der Waals surface area contributed by atoms with Crippen LogP contribution in [-0.2, 0) is 4.74 Å². The van der Waals surface area contributed by atoms with Gasteiger partial charge in [0.05, 0.1) is 12.8 Å². The normalized spacial score (nSPS) is 10.4. The zero-order chi connectivity index (χ0) is 17.1. The van der Waals surface area contributed by atoms with E-state index in [0.29, 0.717) is 16.8 Å². The SMILES string of the molecule is COC(=O)c1[nH]c(C=O)c(-c2cccc(Br)c2)c1-c1ccccc1. The van der Waals surface area contributed by atoms with Gasteiger partial charge in [-0.2, -0.15) is 0 Å². The van der Waals surface area contributed by atoms with Crippen molar-refractivity contribution in [1.29, 1.82) is 0 Å². The molecule has 0 aliphatic carbocycles. The molecule has 0 unspecified atom stereocenters. The number of ether oxygens (including phenoxy) is 1. The van der Waals surface area contributed by atoms with Gasteiger partial charge in [-0.15, -0.1) is 0 Å². The van der Waals surface area contributed by atoms with E-state index in [2.05, 4.69) is 20.9 Å².